The Bertz CT molecular complexity index is 690. The smallest absolute Gasteiger partial charge is 0.240 e. The van der Waals surface area contributed by atoms with Crippen molar-refractivity contribution in [3.8, 4) is 0 Å². The Kier molecular flexibility index (Phi) is 3.93. The summed E-state index contributed by atoms with van der Waals surface area (Å²) in [5, 5.41) is 0. The lowest BCUT2D eigenvalue weighted by Crippen LogP contribution is -2.22. The fourth-order valence-electron chi connectivity index (χ4n) is 1.62. The van der Waals surface area contributed by atoms with Crippen LogP contribution in [0.5, 0.6) is 0 Å². The number of anilines is 1. The Hall–Kier alpha value is -1.37. The van der Waals surface area contributed by atoms with Crippen molar-refractivity contribution >= 4 is 27.0 Å². The molecule has 1 aromatic carbocycles. The molecule has 0 unspecified atom stereocenters. The molecule has 0 aliphatic rings. The molecule has 0 spiro atoms. The SMILES string of the molecule is Cc1ccc(CNS(=O)(=O)c2ccc(C)c(N)c2)s1. The maximum atomic E-state index is 12.1. The minimum atomic E-state index is -3.51. The topological polar surface area (TPSA) is 72.2 Å². The van der Waals surface area contributed by atoms with Crippen molar-refractivity contribution in [2.45, 2.75) is 25.3 Å². The lowest BCUT2D eigenvalue weighted by atomic mass is 10.2. The molecule has 0 aliphatic carbocycles. The van der Waals surface area contributed by atoms with Gasteiger partial charge in [-0.05, 0) is 43.7 Å². The molecule has 3 N–H and O–H groups in total. The Morgan fingerprint density at radius 3 is 2.53 bits per heavy atom. The van der Waals surface area contributed by atoms with E-state index in [1.54, 1.807) is 23.5 Å². The van der Waals surface area contributed by atoms with Crippen molar-refractivity contribution in [2.24, 2.45) is 0 Å². The number of hydrogen-bond acceptors (Lipinski definition) is 4. The molecule has 19 heavy (non-hydrogen) atoms. The quantitative estimate of drug-likeness (QED) is 0.851. The highest BCUT2D eigenvalue weighted by Gasteiger charge is 2.14. The fraction of sp³-hybridized carbons (Fsp3) is 0.231. The Balaban J connectivity index is 2.16. The molecule has 0 saturated heterocycles. The van der Waals surface area contributed by atoms with E-state index in [-0.39, 0.29) is 4.90 Å². The van der Waals surface area contributed by atoms with E-state index < -0.39 is 10.0 Å². The van der Waals surface area contributed by atoms with E-state index in [0.29, 0.717) is 12.2 Å². The molecule has 0 bridgehead atoms. The van der Waals surface area contributed by atoms with Crippen LogP contribution in [0.2, 0.25) is 0 Å². The van der Waals surface area contributed by atoms with E-state index in [2.05, 4.69) is 4.72 Å². The molecule has 0 radical (unpaired) electrons. The molecular weight excluding hydrogens is 280 g/mol. The number of benzene rings is 1. The van der Waals surface area contributed by atoms with Crippen molar-refractivity contribution in [2.75, 3.05) is 5.73 Å². The van der Waals surface area contributed by atoms with Crippen molar-refractivity contribution in [1.82, 2.24) is 4.72 Å². The highest BCUT2D eigenvalue weighted by molar-refractivity contribution is 7.89. The maximum absolute atomic E-state index is 12.1. The van der Waals surface area contributed by atoms with Crippen LogP contribution in [0.4, 0.5) is 5.69 Å². The third-order valence-corrected chi connectivity index (χ3v) is 5.19. The van der Waals surface area contributed by atoms with Crippen LogP contribution in [0.1, 0.15) is 15.3 Å². The Morgan fingerprint density at radius 1 is 1.21 bits per heavy atom. The van der Waals surface area contributed by atoms with Crippen LogP contribution in [0.25, 0.3) is 0 Å². The summed E-state index contributed by atoms with van der Waals surface area (Å²) in [5.41, 5.74) is 7.09. The minimum absolute atomic E-state index is 0.198. The van der Waals surface area contributed by atoms with E-state index in [0.717, 1.165) is 15.3 Å². The maximum Gasteiger partial charge on any atom is 0.240 e. The summed E-state index contributed by atoms with van der Waals surface area (Å²) in [7, 11) is -3.51. The minimum Gasteiger partial charge on any atom is -0.398 e. The van der Waals surface area contributed by atoms with Gasteiger partial charge in [0.1, 0.15) is 0 Å². The normalized spacial score (nSPS) is 11.7. The summed E-state index contributed by atoms with van der Waals surface area (Å²) < 4.78 is 26.8. The van der Waals surface area contributed by atoms with Crippen molar-refractivity contribution in [3.63, 3.8) is 0 Å². The molecule has 0 amide bonds. The molecule has 1 aromatic heterocycles. The summed E-state index contributed by atoms with van der Waals surface area (Å²) in [4.78, 5) is 2.35. The summed E-state index contributed by atoms with van der Waals surface area (Å²) >= 11 is 1.58. The van der Waals surface area contributed by atoms with Crippen LogP contribution in [0.15, 0.2) is 35.2 Å². The Labute approximate surface area is 117 Å². The van der Waals surface area contributed by atoms with Gasteiger partial charge in [0, 0.05) is 22.0 Å². The molecule has 4 nitrogen and oxygen atoms in total. The molecule has 0 saturated carbocycles. The first-order valence-electron chi connectivity index (χ1n) is 5.79. The van der Waals surface area contributed by atoms with E-state index >= 15 is 0 Å². The van der Waals surface area contributed by atoms with Crippen LogP contribution in [-0.4, -0.2) is 8.42 Å². The summed E-state index contributed by atoms with van der Waals surface area (Å²) in [6.45, 7) is 4.13. The predicted octanol–water partition coefficient (Wildman–Crippen LogP) is 2.43. The number of sulfonamides is 1. The Morgan fingerprint density at radius 2 is 1.95 bits per heavy atom. The molecule has 6 heteroatoms. The van der Waals surface area contributed by atoms with Crippen LogP contribution in [0, 0.1) is 13.8 Å². The summed E-state index contributed by atoms with van der Waals surface area (Å²) in [6, 6.07) is 8.65. The molecule has 0 aliphatic heterocycles. The average molecular weight is 296 g/mol. The fourth-order valence-corrected chi connectivity index (χ4v) is 3.58. The van der Waals surface area contributed by atoms with Gasteiger partial charge in [-0.15, -0.1) is 11.3 Å². The standard InChI is InChI=1S/C13H16N2O2S2/c1-9-3-6-12(7-13(9)14)19(16,17)15-8-11-5-4-10(2)18-11/h3-7,15H,8,14H2,1-2H3. The lowest BCUT2D eigenvalue weighted by molar-refractivity contribution is 0.582. The number of hydrogen-bond donors (Lipinski definition) is 2. The first-order chi connectivity index (χ1) is 8.88. The van der Waals surface area contributed by atoms with Crippen LogP contribution < -0.4 is 10.5 Å². The molecule has 2 rings (SSSR count). The van der Waals surface area contributed by atoms with Gasteiger partial charge in [-0.1, -0.05) is 6.07 Å². The first kappa shape index (κ1) is 14.0. The van der Waals surface area contributed by atoms with E-state index in [9.17, 15) is 8.42 Å². The number of thiophene rings is 1. The van der Waals surface area contributed by atoms with Crippen molar-refractivity contribution < 1.29 is 8.42 Å². The zero-order chi connectivity index (χ0) is 14.0. The van der Waals surface area contributed by atoms with Crippen molar-refractivity contribution in [3.05, 3.63) is 45.6 Å². The van der Waals surface area contributed by atoms with Gasteiger partial charge >= 0.3 is 0 Å². The summed E-state index contributed by atoms with van der Waals surface area (Å²) in [6.07, 6.45) is 0. The van der Waals surface area contributed by atoms with E-state index in [4.69, 9.17) is 5.73 Å². The van der Waals surface area contributed by atoms with Crippen molar-refractivity contribution in [1.29, 1.82) is 0 Å². The van der Waals surface area contributed by atoms with Gasteiger partial charge in [0.25, 0.3) is 0 Å². The van der Waals surface area contributed by atoms with Crippen LogP contribution >= 0.6 is 11.3 Å². The number of nitrogens with two attached hydrogens (primary N) is 1. The molecule has 102 valence electrons. The van der Waals surface area contributed by atoms with Gasteiger partial charge in [-0.2, -0.15) is 0 Å². The lowest BCUT2D eigenvalue weighted by Gasteiger charge is -2.07. The van der Waals surface area contributed by atoms with E-state index in [1.165, 1.54) is 6.07 Å². The zero-order valence-corrected chi connectivity index (χ0v) is 12.4. The number of aryl methyl sites for hydroxylation is 2. The molecule has 2 aromatic rings. The first-order valence-corrected chi connectivity index (χ1v) is 8.09. The largest absolute Gasteiger partial charge is 0.398 e. The molecule has 0 atom stereocenters. The van der Waals surface area contributed by atoms with Crippen LogP contribution in [0.3, 0.4) is 0 Å². The van der Waals surface area contributed by atoms with Gasteiger partial charge in [-0.3, -0.25) is 0 Å². The second-order valence-electron chi connectivity index (χ2n) is 4.36. The number of rotatable bonds is 4. The molecule has 1 heterocycles. The van der Waals surface area contributed by atoms with Gasteiger partial charge < -0.3 is 5.73 Å². The highest BCUT2D eigenvalue weighted by Crippen LogP contribution is 2.19. The van der Waals surface area contributed by atoms with Crippen LogP contribution in [-0.2, 0) is 16.6 Å². The monoisotopic (exact) mass is 296 g/mol. The third-order valence-electron chi connectivity index (χ3n) is 2.79. The third kappa shape index (κ3) is 3.34. The average Bonchev–Trinajstić information content (AvgIpc) is 2.76. The second kappa shape index (κ2) is 5.32. The molecular formula is C13H16N2O2S2. The van der Waals surface area contributed by atoms with Gasteiger partial charge in [0.05, 0.1) is 4.90 Å². The predicted molar refractivity (Wildman–Crippen MR) is 78.7 cm³/mol. The molecule has 0 fully saturated rings. The van der Waals surface area contributed by atoms with Gasteiger partial charge in [0.15, 0.2) is 0 Å². The highest BCUT2D eigenvalue weighted by atomic mass is 32.2. The van der Waals surface area contributed by atoms with Gasteiger partial charge in [0.2, 0.25) is 10.0 Å². The van der Waals surface area contributed by atoms with E-state index in [1.807, 2.05) is 26.0 Å². The summed E-state index contributed by atoms with van der Waals surface area (Å²) in [5.74, 6) is 0. The number of nitrogen functional groups attached to an aromatic ring is 1. The van der Waals surface area contributed by atoms with Gasteiger partial charge in [-0.25, -0.2) is 13.1 Å². The second-order valence-corrected chi connectivity index (χ2v) is 7.49. The number of nitrogens with one attached hydrogen (secondary N) is 1. The zero-order valence-electron chi connectivity index (χ0n) is 10.8.